The molecular formula is C21H30N4O. The number of nitrogens with zero attached hydrogens (tertiary/aromatic N) is 3. The van der Waals surface area contributed by atoms with Gasteiger partial charge in [0.05, 0.1) is 12.2 Å². The van der Waals surface area contributed by atoms with Crippen LogP contribution in [0.1, 0.15) is 25.3 Å². The van der Waals surface area contributed by atoms with Gasteiger partial charge in [0, 0.05) is 56.8 Å². The fourth-order valence-corrected chi connectivity index (χ4v) is 5.72. The molecule has 0 spiro atoms. The van der Waals surface area contributed by atoms with Gasteiger partial charge in [-0.05, 0) is 37.8 Å². The maximum atomic E-state index is 6.10. The van der Waals surface area contributed by atoms with Crippen molar-refractivity contribution in [1.29, 1.82) is 0 Å². The van der Waals surface area contributed by atoms with Gasteiger partial charge in [-0.25, -0.2) is 0 Å². The molecule has 0 aromatic heterocycles. The molecular weight excluding hydrogens is 324 g/mol. The van der Waals surface area contributed by atoms with Crippen LogP contribution in [0.5, 0.6) is 0 Å². The van der Waals surface area contributed by atoms with Gasteiger partial charge in [-0.2, -0.15) is 0 Å². The number of benzene rings is 1. The fraction of sp³-hybridized carbons (Fsp3) is 0.667. The predicted molar refractivity (Wildman–Crippen MR) is 105 cm³/mol. The largest absolute Gasteiger partial charge is 0.374 e. The van der Waals surface area contributed by atoms with Crippen LogP contribution >= 0.6 is 0 Å². The van der Waals surface area contributed by atoms with Crippen molar-refractivity contribution in [3.8, 4) is 0 Å². The number of likely N-dealkylation sites (tertiary alicyclic amines) is 1. The van der Waals surface area contributed by atoms with Crippen molar-refractivity contribution in [2.24, 2.45) is 16.8 Å². The summed E-state index contributed by atoms with van der Waals surface area (Å²) in [6.07, 6.45) is 4.70. The van der Waals surface area contributed by atoms with Crippen LogP contribution in [-0.4, -0.2) is 62.3 Å². The Hall–Kier alpha value is -1.75. The number of hydrogen-bond donors (Lipinski definition) is 1. The molecule has 5 nitrogen and oxygen atoms in total. The molecule has 1 aromatic rings. The van der Waals surface area contributed by atoms with Crippen LogP contribution in [-0.2, 0) is 11.2 Å². The molecule has 140 valence electrons. The van der Waals surface area contributed by atoms with Gasteiger partial charge >= 0.3 is 0 Å². The van der Waals surface area contributed by atoms with Gasteiger partial charge in [-0.1, -0.05) is 18.2 Å². The van der Waals surface area contributed by atoms with E-state index >= 15 is 0 Å². The zero-order valence-corrected chi connectivity index (χ0v) is 15.9. The van der Waals surface area contributed by atoms with Crippen molar-refractivity contribution < 1.29 is 4.74 Å². The fourth-order valence-electron chi connectivity index (χ4n) is 5.72. The third-order valence-electron chi connectivity index (χ3n) is 6.95. The molecule has 0 radical (unpaired) electrons. The molecule has 0 amide bonds. The van der Waals surface area contributed by atoms with E-state index in [0.29, 0.717) is 18.2 Å². The Morgan fingerprint density at radius 2 is 1.92 bits per heavy atom. The Balaban J connectivity index is 1.18. The van der Waals surface area contributed by atoms with E-state index < -0.39 is 0 Å². The van der Waals surface area contributed by atoms with Crippen molar-refractivity contribution >= 4 is 11.6 Å². The monoisotopic (exact) mass is 354 g/mol. The van der Waals surface area contributed by atoms with Crippen molar-refractivity contribution in [2.45, 2.75) is 44.4 Å². The SMILES string of the molecule is CN=C(NCCN1c2ccccc2CC1C)N1CC2C3CCC(O3)C2C1. The molecule has 0 saturated carbocycles. The average Bonchev–Trinajstić information content (AvgIpc) is 3.39. The number of nitrogens with one attached hydrogen (secondary N) is 1. The highest BCUT2D eigenvalue weighted by Gasteiger charge is 2.53. The number of anilines is 1. The van der Waals surface area contributed by atoms with Crippen LogP contribution in [0.4, 0.5) is 5.69 Å². The van der Waals surface area contributed by atoms with E-state index in [1.165, 1.54) is 24.1 Å². The van der Waals surface area contributed by atoms with E-state index in [9.17, 15) is 0 Å². The number of guanidine groups is 1. The normalized spacial score (nSPS) is 35.2. The quantitative estimate of drug-likeness (QED) is 0.667. The van der Waals surface area contributed by atoms with Gasteiger partial charge in [0.15, 0.2) is 5.96 Å². The van der Waals surface area contributed by atoms with E-state index in [1.807, 2.05) is 7.05 Å². The molecule has 4 heterocycles. The Morgan fingerprint density at radius 1 is 1.19 bits per heavy atom. The molecule has 1 aromatic carbocycles. The molecule has 5 atom stereocenters. The van der Waals surface area contributed by atoms with E-state index in [1.54, 1.807) is 0 Å². The second-order valence-corrected chi connectivity index (χ2v) is 8.37. The Bertz CT molecular complexity index is 687. The van der Waals surface area contributed by atoms with E-state index in [2.05, 4.69) is 51.3 Å². The minimum atomic E-state index is 0.509. The van der Waals surface area contributed by atoms with Crippen LogP contribution in [0.3, 0.4) is 0 Å². The highest BCUT2D eigenvalue weighted by molar-refractivity contribution is 5.80. The second-order valence-electron chi connectivity index (χ2n) is 8.37. The number of hydrogen-bond acceptors (Lipinski definition) is 3. The summed E-state index contributed by atoms with van der Waals surface area (Å²) in [4.78, 5) is 9.56. The zero-order valence-electron chi connectivity index (χ0n) is 15.9. The zero-order chi connectivity index (χ0) is 17.7. The molecule has 3 fully saturated rings. The second kappa shape index (κ2) is 6.45. The number of fused-ring (bicyclic) bond motifs is 6. The molecule has 5 unspecified atom stereocenters. The lowest BCUT2D eigenvalue weighted by atomic mass is 9.82. The van der Waals surface area contributed by atoms with Gasteiger partial charge in [0.1, 0.15) is 0 Å². The third kappa shape index (κ3) is 2.59. The Morgan fingerprint density at radius 3 is 2.65 bits per heavy atom. The van der Waals surface area contributed by atoms with Crippen LogP contribution < -0.4 is 10.2 Å². The molecule has 2 bridgehead atoms. The summed E-state index contributed by atoms with van der Waals surface area (Å²) in [6, 6.07) is 9.39. The summed E-state index contributed by atoms with van der Waals surface area (Å²) in [5.74, 6) is 2.51. The average molecular weight is 354 g/mol. The molecule has 4 aliphatic rings. The van der Waals surface area contributed by atoms with Crippen LogP contribution in [0.2, 0.25) is 0 Å². The van der Waals surface area contributed by atoms with E-state index in [0.717, 1.165) is 50.4 Å². The molecule has 0 aliphatic carbocycles. The minimum absolute atomic E-state index is 0.509. The number of rotatable bonds is 3. The van der Waals surface area contributed by atoms with Crippen molar-refractivity contribution in [2.75, 3.05) is 38.1 Å². The molecule has 5 heteroatoms. The van der Waals surface area contributed by atoms with Gasteiger partial charge in [0.2, 0.25) is 0 Å². The number of ether oxygens (including phenoxy) is 1. The third-order valence-corrected chi connectivity index (χ3v) is 6.95. The predicted octanol–water partition coefficient (Wildman–Crippen LogP) is 2.12. The smallest absolute Gasteiger partial charge is 0.193 e. The number of para-hydroxylation sites is 1. The lowest BCUT2D eigenvalue weighted by Crippen LogP contribution is -2.45. The standard InChI is InChI=1S/C21H30N4O/c1-14-11-15-5-3-4-6-18(15)25(14)10-9-23-21(22-2)24-12-16-17(13-24)20-8-7-19(16)26-20/h3-6,14,16-17,19-20H,7-13H2,1-2H3,(H,22,23). The van der Waals surface area contributed by atoms with Gasteiger partial charge in [0.25, 0.3) is 0 Å². The summed E-state index contributed by atoms with van der Waals surface area (Å²) >= 11 is 0. The highest BCUT2D eigenvalue weighted by atomic mass is 16.5. The summed E-state index contributed by atoms with van der Waals surface area (Å²) in [6.45, 7) is 6.49. The van der Waals surface area contributed by atoms with Gasteiger partial charge in [-0.15, -0.1) is 0 Å². The first-order valence-electron chi connectivity index (χ1n) is 10.2. The van der Waals surface area contributed by atoms with Crippen LogP contribution in [0, 0.1) is 11.8 Å². The summed E-state index contributed by atoms with van der Waals surface area (Å²) in [5, 5.41) is 3.62. The molecule has 3 saturated heterocycles. The summed E-state index contributed by atoms with van der Waals surface area (Å²) in [5.41, 5.74) is 2.88. The van der Waals surface area contributed by atoms with Crippen molar-refractivity contribution in [1.82, 2.24) is 10.2 Å². The molecule has 5 rings (SSSR count). The van der Waals surface area contributed by atoms with Gasteiger partial charge in [-0.3, -0.25) is 4.99 Å². The Kier molecular flexibility index (Phi) is 4.07. The Labute approximate surface area is 156 Å². The van der Waals surface area contributed by atoms with Crippen LogP contribution in [0.25, 0.3) is 0 Å². The first kappa shape index (κ1) is 16.4. The molecule has 4 aliphatic heterocycles. The van der Waals surface area contributed by atoms with Crippen molar-refractivity contribution in [3.05, 3.63) is 29.8 Å². The van der Waals surface area contributed by atoms with Gasteiger partial charge < -0.3 is 19.9 Å². The molecule has 1 N–H and O–H groups in total. The maximum absolute atomic E-state index is 6.10. The highest BCUT2D eigenvalue weighted by Crippen LogP contribution is 2.47. The minimum Gasteiger partial charge on any atom is -0.374 e. The first-order valence-corrected chi connectivity index (χ1v) is 10.2. The lowest BCUT2D eigenvalue weighted by molar-refractivity contribution is 0.0767. The van der Waals surface area contributed by atoms with E-state index in [-0.39, 0.29) is 0 Å². The first-order chi connectivity index (χ1) is 12.7. The lowest BCUT2D eigenvalue weighted by Gasteiger charge is -2.27. The summed E-state index contributed by atoms with van der Waals surface area (Å²) in [7, 11) is 1.91. The molecule has 26 heavy (non-hydrogen) atoms. The number of aliphatic imine (C=N–C) groups is 1. The van der Waals surface area contributed by atoms with Crippen molar-refractivity contribution in [3.63, 3.8) is 0 Å². The summed E-state index contributed by atoms with van der Waals surface area (Å²) < 4.78 is 6.10. The van der Waals surface area contributed by atoms with Crippen LogP contribution in [0.15, 0.2) is 29.3 Å². The van der Waals surface area contributed by atoms with E-state index in [4.69, 9.17) is 4.74 Å². The topological polar surface area (TPSA) is 40.1 Å². The maximum Gasteiger partial charge on any atom is 0.193 e.